The topological polar surface area (TPSA) is 9.23 Å². The highest BCUT2D eigenvalue weighted by atomic mass is 35.5. The summed E-state index contributed by atoms with van der Waals surface area (Å²) in [6, 6.07) is 0. The summed E-state index contributed by atoms with van der Waals surface area (Å²) in [5.74, 6) is 1.46. The fourth-order valence-electron chi connectivity index (χ4n) is 0.932. The van der Waals surface area contributed by atoms with Gasteiger partial charge in [0.2, 0.25) is 0 Å². The summed E-state index contributed by atoms with van der Waals surface area (Å²) in [6.07, 6.45) is 3.15. The lowest BCUT2D eigenvalue weighted by Gasteiger charge is -2.09. The molecular formula is C7H13ClO. The smallest absolute Gasteiger partial charge is 0.0605 e. The van der Waals surface area contributed by atoms with Gasteiger partial charge in [-0.1, -0.05) is 0 Å². The zero-order chi connectivity index (χ0) is 6.69. The van der Waals surface area contributed by atoms with E-state index in [0.717, 1.165) is 5.92 Å². The molecule has 0 aromatic carbocycles. The summed E-state index contributed by atoms with van der Waals surface area (Å²) in [5, 5.41) is 0. The lowest BCUT2D eigenvalue weighted by molar-refractivity contribution is 0.0623. The van der Waals surface area contributed by atoms with Gasteiger partial charge in [0.15, 0.2) is 0 Å². The summed E-state index contributed by atoms with van der Waals surface area (Å²) >= 11 is 5.45. The van der Waals surface area contributed by atoms with Crippen molar-refractivity contribution >= 4 is 11.6 Å². The molecule has 0 spiro atoms. The third-order valence-electron chi connectivity index (χ3n) is 1.74. The third-order valence-corrected chi connectivity index (χ3v) is 1.90. The van der Waals surface area contributed by atoms with E-state index in [1.807, 2.05) is 0 Å². The maximum atomic E-state index is 5.45. The molecule has 1 fully saturated rings. The Morgan fingerprint density at radius 3 is 2.78 bits per heavy atom. The van der Waals surface area contributed by atoms with Crippen molar-refractivity contribution in [3.63, 3.8) is 0 Å². The van der Waals surface area contributed by atoms with Crippen LogP contribution in [0.1, 0.15) is 19.8 Å². The molecule has 1 rings (SSSR count). The molecule has 0 saturated heterocycles. The lowest BCUT2D eigenvalue weighted by atomic mass is 10.3. The van der Waals surface area contributed by atoms with Crippen LogP contribution in [-0.4, -0.2) is 18.6 Å². The van der Waals surface area contributed by atoms with E-state index in [1.165, 1.54) is 12.8 Å². The molecule has 0 aliphatic heterocycles. The van der Waals surface area contributed by atoms with Crippen LogP contribution in [0.4, 0.5) is 0 Å². The van der Waals surface area contributed by atoms with Crippen molar-refractivity contribution in [3.8, 4) is 0 Å². The molecular weight excluding hydrogens is 136 g/mol. The van der Waals surface area contributed by atoms with Gasteiger partial charge in [-0.25, -0.2) is 0 Å². The van der Waals surface area contributed by atoms with E-state index in [1.54, 1.807) is 0 Å². The molecule has 0 heterocycles. The molecule has 9 heavy (non-hydrogen) atoms. The summed E-state index contributed by atoms with van der Waals surface area (Å²) in [5.41, 5.74) is 0. The van der Waals surface area contributed by atoms with Crippen LogP contribution >= 0.6 is 11.6 Å². The van der Waals surface area contributed by atoms with Crippen molar-refractivity contribution in [1.82, 2.24) is 0 Å². The van der Waals surface area contributed by atoms with Crippen LogP contribution < -0.4 is 0 Å². The number of rotatable bonds is 4. The maximum absolute atomic E-state index is 5.45. The van der Waals surface area contributed by atoms with E-state index >= 15 is 0 Å². The van der Waals surface area contributed by atoms with Crippen molar-refractivity contribution in [1.29, 1.82) is 0 Å². The van der Waals surface area contributed by atoms with Crippen molar-refractivity contribution in [3.05, 3.63) is 0 Å². The largest absolute Gasteiger partial charge is 0.377 e. The minimum Gasteiger partial charge on any atom is -0.377 e. The van der Waals surface area contributed by atoms with Gasteiger partial charge in [0.25, 0.3) is 0 Å². The monoisotopic (exact) mass is 148 g/mol. The zero-order valence-corrected chi connectivity index (χ0v) is 6.53. The van der Waals surface area contributed by atoms with E-state index in [0.29, 0.717) is 18.6 Å². The van der Waals surface area contributed by atoms with Gasteiger partial charge in [0.05, 0.1) is 12.7 Å². The second kappa shape index (κ2) is 3.43. The average molecular weight is 149 g/mol. The standard InChI is InChI=1S/C7H13ClO/c1-6(7-2-3-7)9-5-4-8/h6-7H,2-5H2,1H3. The number of ether oxygens (including phenoxy) is 1. The molecule has 0 bridgehead atoms. The molecule has 1 aliphatic carbocycles. The minimum absolute atomic E-state index is 0.448. The Balaban J connectivity index is 1.96. The van der Waals surface area contributed by atoms with Crippen LogP contribution in [0.3, 0.4) is 0 Å². The Kier molecular flexibility index (Phi) is 2.80. The number of halogens is 1. The quantitative estimate of drug-likeness (QED) is 0.555. The maximum Gasteiger partial charge on any atom is 0.0605 e. The predicted octanol–water partition coefficient (Wildman–Crippen LogP) is 2.04. The lowest BCUT2D eigenvalue weighted by Crippen LogP contribution is -2.11. The van der Waals surface area contributed by atoms with Gasteiger partial charge in [-0.05, 0) is 25.7 Å². The summed E-state index contributed by atoms with van der Waals surface area (Å²) in [7, 11) is 0. The molecule has 0 amide bonds. The highest BCUT2D eigenvalue weighted by molar-refractivity contribution is 6.17. The zero-order valence-electron chi connectivity index (χ0n) is 5.77. The van der Waals surface area contributed by atoms with E-state index in [4.69, 9.17) is 16.3 Å². The summed E-state index contributed by atoms with van der Waals surface area (Å²) in [4.78, 5) is 0. The first-order chi connectivity index (χ1) is 4.34. The Hall–Kier alpha value is 0.250. The first-order valence-electron chi connectivity index (χ1n) is 3.52. The molecule has 0 aromatic heterocycles. The molecule has 1 aliphatic rings. The average Bonchev–Trinajstić information content (AvgIpc) is 2.63. The van der Waals surface area contributed by atoms with Crippen molar-refractivity contribution in [2.75, 3.05) is 12.5 Å². The first-order valence-corrected chi connectivity index (χ1v) is 4.05. The first kappa shape index (κ1) is 7.36. The van der Waals surface area contributed by atoms with Crippen molar-refractivity contribution in [2.24, 2.45) is 5.92 Å². The van der Waals surface area contributed by atoms with Crippen molar-refractivity contribution in [2.45, 2.75) is 25.9 Å². The van der Waals surface area contributed by atoms with Gasteiger partial charge in [-0.2, -0.15) is 0 Å². The number of hydrogen-bond donors (Lipinski definition) is 0. The molecule has 1 atom stereocenters. The fourth-order valence-corrected chi connectivity index (χ4v) is 1.02. The molecule has 1 saturated carbocycles. The molecule has 0 radical (unpaired) electrons. The van der Waals surface area contributed by atoms with Crippen LogP contribution in [0.15, 0.2) is 0 Å². The molecule has 1 nitrogen and oxygen atoms in total. The van der Waals surface area contributed by atoms with Crippen molar-refractivity contribution < 1.29 is 4.74 Å². The summed E-state index contributed by atoms with van der Waals surface area (Å²) in [6.45, 7) is 2.84. The van der Waals surface area contributed by atoms with Gasteiger partial charge >= 0.3 is 0 Å². The van der Waals surface area contributed by atoms with Crippen LogP contribution in [0.2, 0.25) is 0 Å². The van der Waals surface area contributed by atoms with Crippen LogP contribution in [0.25, 0.3) is 0 Å². The van der Waals surface area contributed by atoms with Crippen LogP contribution in [0.5, 0.6) is 0 Å². The highest BCUT2D eigenvalue weighted by Crippen LogP contribution is 2.33. The van der Waals surface area contributed by atoms with E-state index in [-0.39, 0.29) is 0 Å². The minimum atomic E-state index is 0.448. The van der Waals surface area contributed by atoms with E-state index in [2.05, 4.69) is 6.92 Å². The molecule has 0 N–H and O–H groups in total. The Bertz CT molecular complexity index is 81.0. The predicted molar refractivity (Wildman–Crippen MR) is 38.9 cm³/mol. The van der Waals surface area contributed by atoms with Gasteiger partial charge in [0.1, 0.15) is 0 Å². The molecule has 2 heteroatoms. The Morgan fingerprint density at radius 1 is 1.67 bits per heavy atom. The molecule has 0 aromatic rings. The number of hydrogen-bond acceptors (Lipinski definition) is 1. The summed E-state index contributed by atoms with van der Waals surface area (Å²) < 4.78 is 5.38. The second-order valence-electron chi connectivity index (χ2n) is 2.60. The van der Waals surface area contributed by atoms with Gasteiger partial charge < -0.3 is 4.74 Å². The van der Waals surface area contributed by atoms with Gasteiger partial charge in [0, 0.05) is 5.88 Å². The van der Waals surface area contributed by atoms with Crippen LogP contribution in [0, 0.1) is 5.92 Å². The van der Waals surface area contributed by atoms with Crippen LogP contribution in [-0.2, 0) is 4.74 Å². The number of alkyl halides is 1. The Morgan fingerprint density at radius 2 is 2.33 bits per heavy atom. The molecule has 54 valence electrons. The third kappa shape index (κ3) is 2.55. The highest BCUT2D eigenvalue weighted by Gasteiger charge is 2.28. The molecule has 1 unspecified atom stereocenters. The second-order valence-corrected chi connectivity index (χ2v) is 2.98. The van der Waals surface area contributed by atoms with E-state index < -0.39 is 0 Å². The normalized spacial score (nSPS) is 22.0. The Labute approximate surface area is 61.3 Å². The SMILES string of the molecule is CC(OCCCl)C1CC1. The fraction of sp³-hybridized carbons (Fsp3) is 1.00. The van der Waals surface area contributed by atoms with Gasteiger partial charge in [-0.15, -0.1) is 11.6 Å². The van der Waals surface area contributed by atoms with Gasteiger partial charge in [-0.3, -0.25) is 0 Å². The van der Waals surface area contributed by atoms with E-state index in [9.17, 15) is 0 Å².